The number of furan rings is 2. The Balaban J connectivity index is 1.00. The van der Waals surface area contributed by atoms with Crippen LogP contribution in [0.5, 0.6) is 0 Å². The molecule has 0 radical (unpaired) electrons. The second-order valence-corrected chi connectivity index (χ2v) is 14.9. The summed E-state index contributed by atoms with van der Waals surface area (Å²) in [5.74, 6) is 0. The SMILES string of the molecule is c1ccc2c(c1)ccc1cc(-c3ccc(N(c4ccc(-c5cccc6c5oc5ccccc56)cc4)c4cccc5c4oc4c6ccccc6ccc54)cc3)ccc12. The van der Waals surface area contributed by atoms with Gasteiger partial charge in [-0.15, -0.1) is 0 Å². The van der Waals surface area contributed by atoms with Gasteiger partial charge in [0.25, 0.3) is 0 Å². The van der Waals surface area contributed by atoms with Crippen LogP contribution in [0.2, 0.25) is 0 Å². The number of para-hydroxylation sites is 3. The van der Waals surface area contributed by atoms with E-state index in [0.717, 1.165) is 88.4 Å². The van der Waals surface area contributed by atoms with Gasteiger partial charge in [0.15, 0.2) is 5.58 Å². The molecule has 0 bridgehead atoms. The second kappa shape index (κ2) is 12.5. The molecule has 0 unspecified atom stereocenters. The molecule has 2 aromatic heterocycles. The van der Waals surface area contributed by atoms with Gasteiger partial charge in [0.2, 0.25) is 0 Å². The Labute approximate surface area is 328 Å². The zero-order valence-corrected chi connectivity index (χ0v) is 30.8. The Kier molecular flexibility index (Phi) is 6.93. The molecule has 12 aromatic rings. The summed E-state index contributed by atoms with van der Waals surface area (Å²) < 4.78 is 13.3. The molecule has 3 heteroatoms. The summed E-state index contributed by atoms with van der Waals surface area (Å²) in [5.41, 5.74) is 11.1. The summed E-state index contributed by atoms with van der Waals surface area (Å²) in [4.78, 5) is 2.31. The molecular weight excluding hydrogens is 695 g/mol. The normalized spacial score (nSPS) is 11.9. The summed E-state index contributed by atoms with van der Waals surface area (Å²) in [6, 6.07) is 71.5. The monoisotopic (exact) mass is 727 g/mol. The molecule has 2 heterocycles. The maximum absolute atomic E-state index is 6.90. The van der Waals surface area contributed by atoms with E-state index in [2.05, 4.69) is 193 Å². The van der Waals surface area contributed by atoms with Gasteiger partial charge in [-0.1, -0.05) is 152 Å². The molecule has 0 saturated carbocycles. The zero-order valence-electron chi connectivity index (χ0n) is 30.8. The Morgan fingerprint density at radius 3 is 1.65 bits per heavy atom. The molecule has 0 aliphatic rings. The summed E-state index contributed by atoms with van der Waals surface area (Å²) in [6.45, 7) is 0. The molecule has 0 saturated heterocycles. The van der Waals surface area contributed by atoms with Crippen LogP contribution in [0.3, 0.4) is 0 Å². The van der Waals surface area contributed by atoms with Crippen LogP contribution < -0.4 is 4.90 Å². The van der Waals surface area contributed by atoms with E-state index >= 15 is 0 Å². The van der Waals surface area contributed by atoms with E-state index < -0.39 is 0 Å². The third kappa shape index (κ3) is 4.99. The van der Waals surface area contributed by atoms with Crippen molar-refractivity contribution in [2.75, 3.05) is 4.90 Å². The molecule has 0 N–H and O–H groups in total. The van der Waals surface area contributed by atoms with Crippen LogP contribution in [0.15, 0.2) is 209 Å². The van der Waals surface area contributed by atoms with Crippen molar-refractivity contribution >= 4 is 93.3 Å². The summed E-state index contributed by atoms with van der Waals surface area (Å²) in [7, 11) is 0. The molecule has 10 aromatic carbocycles. The standard InChI is InChI=1S/C54H33NO2/c1-3-11-42-35(9-1)19-20-39-33-38(26-31-43(39)42)34-21-27-40(28-22-34)55(50-17-8-16-48-49-32-25-36-10-2-4-12-44(36)53(49)57-54(48)50)41-29-23-37(24-30-41)45-14-7-15-47-46-13-5-6-18-51(46)56-52(45)47/h1-33H. The van der Waals surface area contributed by atoms with Crippen molar-refractivity contribution in [3.05, 3.63) is 200 Å². The lowest BCUT2D eigenvalue weighted by Gasteiger charge is -2.26. The van der Waals surface area contributed by atoms with Gasteiger partial charge in [-0.25, -0.2) is 0 Å². The molecule has 0 atom stereocenters. The smallest absolute Gasteiger partial charge is 0.159 e. The number of anilines is 3. The molecule has 57 heavy (non-hydrogen) atoms. The van der Waals surface area contributed by atoms with Crippen LogP contribution in [0.25, 0.3) is 98.4 Å². The summed E-state index contributed by atoms with van der Waals surface area (Å²) >= 11 is 0. The van der Waals surface area contributed by atoms with Crippen molar-refractivity contribution in [3.63, 3.8) is 0 Å². The first-order valence-electron chi connectivity index (χ1n) is 19.4. The minimum absolute atomic E-state index is 0.853. The molecule has 266 valence electrons. The lowest BCUT2D eigenvalue weighted by molar-refractivity contribution is 0.670. The van der Waals surface area contributed by atoms with Crippen LogP contribution in [0, 0.1) is 0 Å². The highest BCUT2D eigenvalue weighted by atomic mass is 16.3. The van der Waals surface area contributed by atoms with Crippen molar-refractivity contribution in [1.29, 1.82) is 0 Å². The maximum atomic E-state index is 6.90. The summed E-state index contributed by atoms with van der Waals surface area (Å²) in [6.07, 6.45) is 0. The number of nitrogens with zero attached hydrogens (tertiary/aromatic N) is 1. The Morgan fingerprint density at radius 2 is 0.842 bits per heavy atom. The van der Waals surface area contributed by atoms with Gasteiger partial charge in [0.05, 0.1) is 5.69 Å². The average Bonchev–Trinajstić information content (AvgIpc) is 3.86. The largest absolute Gasteiger partial charge is 0.455 e. The molecular formula is C54H33NO2. The lowest BCUT2D eigenvalue weighted by atomic mass is 9.97. The predicted octanol–water partition coefficient (Wildman–Crippen LogP) is 15.7. The molecule has 3 nitrogen and oxygen atoms in total. The highest BCUT2D eigenvalue weighted by molar-refractivity contribution is 6.18. The van der Waals surface area contributed by atoms with Crippen molar-refractivity contribution in [2.45, 2.75) is 0 Å². The molecule has 0 aliphatic heterocycles. The van der Waals surface area contributed by atoms with E-state index in [1.165, 1.54) is 27.1 Å². The van der Waals surface area contributed by atoms with Crippen molar-refractivity contribution in [2.24, 2.45) is 0 Å². The molecule has 0 amide bonds. The fraction of sp³-hybridized carbons (Fsp3) is 0. The lowest BCUT2D eigenvalue weighted by Crippen LogP contribution is -2.10. The first-order chi connectivity index (χ1) is 28.2. The van der Waals surface area contributed by atoms with Crippen molar-refractivity contribution < 1.29 is 8.83 Å². The van der Waals surface area contributed by atoms with Gasteiger partial charge in [0, 0.05) is 43.9 Å². The average molecular weight is 728 g/mol. The Morgan fingerprint density at radius 1 is 0.298 bits per heavy atom. The van der Waals surface area contributed by atoms with E-state index in [0.29, 0.717) is 0 Å². The minimum Gasteiger partial charge on any atom is -0.455 e. The van der Waals surface area contributed by atoms with E-state index in [4.69, 9.17) is 8.83 Å². The highest BCUT2D eigenvalue weighted by Gasteiger charge is 2.21. The fourth-order valence-electron chi connectivity index (χ4n) is 8.87. The van der Waals surface area contributed by atoms with Crippen molar-refractivity contribution in [1.82, 2.24) is 0 Å². The molecule has 0 spiro atoms. The molecule has 12 rings (SSSR count). The number of fused-ring (bicyclic) bond motifs is 11. The van der Waals surface area contributed by atoms with Crippen LogP contribution in [-0.2, 0) is 0 Å². The van der Waals surface area contributed by atoms with E-state index in [9.17, 15) is 0 Å². The number of rotatable bonds is 5. The number of benzene rings is 10. The van der Waals surface area contributed by atoms with E-state index in [1.54, 1.807) is 0 Å². The van der Waals surface area contributed by atoms with Gasteiger partial charge in [-0.3, -0.25) is 0 Å². The first-order valence-corrected chi connectivity index (χ1v) is 19.4. The van der Waals surface area contributed by atoms with Gasteiger partial charge >= 0.3 is 0 Å². The molecule has 0 fully saturated rings. The van der Waals surface area contributed by atoms with Crippen LogP contribution >= 0.6 is 0 Å². The van der Waals surface area contributed by atoms with Crippen LogP contribution in [0.1, 0.15) is 0 Å². The van der Waals surface area contributed by atoms with Crippen LogP contribution in [-0.4, -0.2) is 0 Å². The topological polar surface area (TPSA) is 29.5 Å². The number of hydrogen-bond acceptors (Lipinski definition) is 3. The van der Waals surface area contributed by atoms with Gasteiger partial charge in [0.1, 0.15) is 16.7 Å². The Hall–Kier alpha value is -7.62. The summed E-state index contributed by atoms with van der Waals surface area (Å²) in [5, 5.41) is 11.8. The minimum atomic E-state index is 0.853. The quantitative estimate of drug-likeness (QED) is 0.165. The van der Waals surface area contributed by atoms with Crippen LogP contribution in [0.4, 0.5) is 17.1 Å². The van der Waals surface area contributed by atoms with E-state index in [1.807, 2.05) is 12.1 Å². The van der Waals surface area contributed by atoms with Gasteiger partial charge in [-0.05, 0) is 92.2 Å². The predicted molar refractivity (Wildman–Crippen MR) is 239 cm³/mol. The first kappa shape index (κ1) is 31.7. The fourth-order valence-corrected chi connectivity index (χ4v) is 8.87. The highest BCUT2D eigenvalue weighted by Crippen LogP contribution is 2.45. The van der Waals surface area contributed by atoms with Crippen molar-refractivity contribution in [3.8, 4) is 22.3 Å². The number of hydrogen-bond donors (Lipinski definition) is 0. The second-order valence-electron chi connectivity index (χ2n) is 14.9. The third-order valence-corrected chi connectivity index (χ3v) is 11.7. The van der Waals surface area contributed by atoms with Gasteiger partial charge < -0.3 is 13.7 Å². The maximum Gasteiger partial charge on any atom is 0.159 e. The Bertz CT molecular complexity index is 3520. The third-order valence-electron chi connectivity index (χ3n) is 11.7. The van der Waals surface area contributed by atoms with E-state index in [-0.39, 0.29) is 0 Å². The molecule has 0 aliphatic carbocycles. The van der Waals surface area contributed by atoms with Gasteiger partial charge in [-0.2, -0.15) is 0 Å². The zero-order chi connectivity index (χ0) is 37.5.